The fraction of sp³-hybridized carbons (Fsp3) is 0.375. The molecule has 0 unspecified atom stereocenters. The molecule has 110 valence electrons. The molecule has 1 aliphatic rings. The van der Waals surface area contributed by atoms with Crippen LogP contribution in [0.4, 0.5) is 16.0 Å². The van der Waals surface area contributed by atoms with Gasteiger partial charge in [-0.2, -0.15) is 0 Å². The summed E-state index contributed by atoms with van der Waals surface area (Å²) in [6.07, 6.45) is 7.34. The molecule has 2 aromatic rings. The summed E-state index contributed by atoms with van der Waals surface area (Å²) in [4.78, 5) is 11.1. The van der Waals surface area contributed by atoms with Crippen LogP contribution in [-0.4, -0.2) is 23.1 Å². The zero-order chi connectivity index (χ0) is 14.5. The van der Waals surface area contributed by atoms with E-state index in [0.29, 0.717) is 6.54 Å². The van der Waals surface area contributed by atoms with Crippen LogP contribution in [0.25, 0.3) is 0 Å². The first-order chi connectivity index (χ1) is 10.3. The van der Waals surface area contributed by atoms with E-state index < -0.39 is 0 Å². The van der Waals surface area contributed by atoms with Crippen molar-refractivity contribution in [1.29, 1.82) is 0 Å². The van der Waals surface area contributed by atoms with Crippen LogP contribution >= 0.6 is 0 Å². The second kappa shape index (κ2) is 6.52. The fourth-order valence-electron chi connectivity index (χ4n) is 2.48. The van der Waals surface area contributed by atoms with Gasteiger partial charge < -0.3 is 10.2 Å². The van der Waals surface area contributed by atoms with Crippen molar-refractivity contribution in [3.8, 4) is 0 Å². The molecule has 5 heteroatoms. The summed E-state index contributed by atoms with van der Waals surface area (Å²) in [7, 11) is 0. The predicted octanol–water partition coefficient (Wildman–Crippen LogP) is 3.22. The molecule has 0 spiro atoms. The standard InChI is InChI=1S/C16H19FN4/c17-14-6-4-13(5-7-14)10-18-15-11-19-16(20-12-15)21-8-2-1-3-9-21/h4-7,11-12,18H,1-3,8-10H2. The highest BCUT2D eigenvalue weighted by Gasteiger charge is 2.12. The van der Waals surface area contributed by atoms with E-state index in [1.165, 1.54) is 31.4 Å². The summed E-state index contributed by atoms with van der Waals surface area (Å²) in [5, 5.41) is 3.24. The summed E-state index contributed by atoms with van der Waals surface area (Å²) in [6, 6.07) is 6.47. The van der Waals surface area contributed by atoms with Crippen molar-refractivity contribution >= 4 is 11.6 Å². The normalized spacial score (nSPS) is 15.0. The number of aromatic nitrogens is 2. The van der Waals surface area contributed by atoms with E-state index in [0.717, 1.165) is 30.3 Å². The number of rotatable bonds is 4. The minimum atomic E-state index is -0.215. The highest BCUT2D eigenvalue weighted by atomic mass is 19.1. The topological polar surface area (TPSA) is 41.1 Å². The highest BCUT2D eigenvalue weighted by Crippen LogP contribution is 2.16. The SMILES string of the molecule is Fc1ccc(CNc2cnc(N3CCCCC3)nc2)cc1. The number of nitrogens with one attached hydrogen (secondary N) is 1. The molecule has 0 atom stereocenters. The van der Waals surface area contributed by atoms with E-state index in [9.17, 15) is 4.39 Å². The van der Waals surface area contributed by atoms with Crippen molar-refractivity contribution < 1.29 is 4.39 Å². The first-order valence-corrected chi connectivity index (χ1v) is 7.36. The van der Waals surface area contributed by atoms with Gasteiger partial charge in [0, 0.05) is 19.6 Å². The molecule has 1 saturated heterocycles. The van der Waals surface area contributed by atoms with Crippen molar-refractivity contribution in [3.05, 3.63) is 48.0 Å². The van der Waals surface area contributed by atoms with Gasteiger partial charge in [-0.15, -0.1) is 0 Å². The molecule has 3 rings (SSSR count). The Morgan fingerprint density at radius 3 is 2.33 bits per heavy atom. The molecule has 1 aliphatic heterocycles. The van der Waals surface area contributed by atoms with Gasteiger partial charge in [0.2, 0.25) is 5.95 Å². The largest absolute Gasteiger partial charge is 0.378 e. The highest BCUT2D eigenvalue weighted by molar-refractivity contribution is 5.43. The lowest BCUT2D eigenvalue weighted by Gasteiger charge is -2.26. The predicted molar refractivity (Wildman–Crippen MR) is 81.8 cm³/mol. The average Bonchev–Trinajstić information content (AvgIpc) is 2.56. The number of hydrogen-bond donors (Lipinski definition) is 1. The van der Waals surface area contributed by atoms with Gasteiger partial charge in [0.25, 0.3) is 0 Å². The van der Waals surface area contributed by atoms with Crippen molar-refractivity contribution in [2.75, 3.05) is 23.3 Å². The van der Waals surface area contributed by atoms with E-state index in [-0.39, 0.29) is 5.82 Å². The van der Waals surface area contributed by atoms with Gasteiger partial charge in [-0.05, 0) is 37.0 Å². The minimum absolute atomic E-state index is 0.215. The maximum Gasteiger partial charge on any atom is 0.225 e. The van der Waals surface area contributed by atoms with E-state index in [1.54, 1.807) is 24.5 Å². The third-order valence-corrected chi connectivity index (χ3v) is 3.69. The Hall–Kier alpha value is -2.17. The summed E-state index contributed by atoms with van der Waals surface area (Å²) in [5.41, 5.74) is 1.90. The number of piperidine rings is 1. The molecule has 1 aromatic heterocycles. The third kappa shape index (κ3) is 3.68. The molecular formula is C16H19FN4. The van der Waals surface area contributed by atoms with E-state index in [4.69, 9.17) is 0 Å². The van der Waals surface area contributed by atoms with Gasteiger partial charge in [0.05, 0.1) is 18.1 Å². The molecule has 0 bridgehead atoms. The molecular weight excluding hydrogens is 267 g/mol. The van der Waals surface area contributed by atoms with Crippen LogP contribution in [0.2, 0.25) is 0 Å². The maximum atomic E-state index is 12.8. The zero-order valence-electron chi connectivity index (χ0n) is 11.9. The van der Waals surface area contributed by atoms with Gasteiger partial charge in [0.1, 0.15) is 5.82 Å². The summed E-state index contributed by atoms with van der Waals surface area (Å²) in [6.45, 7) is 2.72. The molecule has 0 amide bonds. The van der Waals surface area contributed by atoms with Gasteiger partial charge >= 0.3 is 0 Å². The van der Waals surface area contributed by atoms with Crippen LogP contribution < -0.4 is 10.2 Å². The van der Waals surface area contributed by atoms with Gasteiger partial charge in [-0.1, -0.05) is 12.1 Å². The number of benzene rings is 1. The Balaban J connectivity index is 1.57. The first-order valence-electron chi connectivity index (χ1n) is 7.36. The van der Waals surface area contributed by atoms with Crippen LogP contribution in [0.1, 0.15) is 24.8 Å². The Bertz CT molecular complexity index is 562. The van der Waals surface area contributed by atoms with Crippen molar-refractivity contribution in [1.82, 2.24) is 9.97 Å². The smallest absolute Gasteiger partial charge is 0.225 e. The van der Waals surface area contributed by atoms with Crippen LogP contribution in [0.15, 0.2) is 36.7 Å². The van der Waals surface area contributed by atoms with Crippen molar-refractivity contribution in [3.63, 3.8) is 0 Å². The average molecular weight is 286 g/mol. The molecule has 21 heavy (non-hydrogen) atoms. The molecule has 1 N–H and O–H groups in total. The monoisotopic (exact) mass is 286 g/mol. The molecule has 4 nitrogen and oxygen atoms in total. The molecule has 1 fully saturated rings. The van der Waals surface area contributed by atoms with Crippen LogP contribution in [-0.2, 0) is 6.54 Å². The maximum absolute atomic E-state index is 12.8. The van der Waals surface area contributed by atoms with Crippen molar-refractivity contribution in [2.24, 2.45) is 0 Å². The molecule has 0 radical (unpaired) electrons. The van der Waals surface area contributed by atoms with Gasteiger partial charge in [0.15, 0.2) is 0 Å². The molecule has 1 aromatic carbocycles. The Morgan fingerprint density at radius 1 is 1.00 bits per heavy atom. The Morgan fingerprint density at radius 2 is 1.67 bits per heavy atom. The summed E-state index contributed by atoms with van der Waals surface area (Å²) < 4.78 is 12.8. The minimum Gasteiger partial charge on any atom is -0.378 e. The van der Waals surface area contributed by atoms with Crippen molar-refractivity contribution in [2.45, 2.75) is 25.8 Å². The Kier molecular flexibility index (Phi) is 4.28. The van der Waals surface area contributed by atoms with Gasteiger partial charge in [-0.3, -0.25) is 0 Å². The zero-order valence-corrected chi connectivity index (χ0v) is 11.9. The van der Waals surface area contributed by atoms with Crippen LogP contribution in [0.5, 0.6) is 0 Å². The second-order valence-electron chi connectivity index (χ2n) is 5.30. The van der Waals surface area contributed by atoms with E-state index >= 15 is 0 Å². The second-order valence-corrected chi connectivity index (χ2v) is 5.30. The summed E-state index contributed by atoms with van der Waals surface area (Å²) >= 11 is 0. The van der Waals surface area contributed by atoms with E-state index in [2.05, 4.69) is 20.2 Å². The number of anilines is 2. The lowest BCUT2D eigenvalue weighted by molar-refractivity contribution is 0.568. The lowest BCUT2D eigenvalue weighted by atomic mass is 10.1. The molecule has 2 heterocycles. The first kappa shape index (κ1) is 13.8. The van der Waals surface area contributed by atoms with Crippen LogP contribution in [0.3, 0.4) is 0 Å². The summed E-state index contributed by atoms with van der Waals surface area (Å²) in [5.74, 6) is 0.593. The third-order valence-electron chi connectivity index (χ3n) is 3.69. The number of hydrogen-bond acceptors (Lipinski definition) is 4. The lowest BCUT2D eigenvalue weighted by Crippen LogP contribution is -2.30. The molecule has 0 aliphatic carbocycles. The molecule has 0 saturated carbocycles. The van der Waals surface area contributed by atoms with E-state index in [1.807, 2.05) is 0 Å². The Labute approximate surface area is 124 Å². The number of nitrogens with zero attached hydrogens (tertiary/aromatic N) is 3. The fourth-order valence-corrected chi connectivity index (χ4v) is 2.48. The van der Waals surface area contributed by atoms with Gasteiger partial charge in [-0.25, -0.2) is 14.4 Å². The number of halogens is 1. The quantitative estimate of drug-likeness (QED) is 0.937. The van der Waals surface area contributed by atoms with Crippen LogP contribution in [0, 0.1) is 5.82 Å².